The van der Waals surface area contributed by atoms with Crippen LogP contribution >= 0.6 is 0 Å². The number of hydrogen-bond acceptors (Lipinski definition) is 6. The van der Waals surface area contributed by atoms with Gasteiger partial charge in [0.05, 0.1) is 16.3 Å². The molecule has 0 aliphatic rings. The molecule has 2 aromatic carbocycles. The maximum atomic E-state index is 10.8. The Morgan fingerprint density at radius 1 is 1.00 bits per heavy atom. The summed E-state index contributed by atoms with van der Waals surface area (Å²) < 4.78 is 1.59. The van der Waals surface area contributed by atoms with Crippen molar-refractivity contribution in [2.45, 2.75) is 6.92 Å². The number of nitro benzene ring substituents is 1. The summed E-state index contributed by atoms with van der Waals surface area (Å²) in [4.78, 5) is 14.9. The molecule has 8 nitrogen and oxygen atoms in total. The standard InChI is InChI=1S/C17H12N6O2/c1-11-15-17(20-19-16(18-15)12-5-3-2-4-6-12)22(21-11)13-7-9-14(10-8-13)23(24)25/h2-10H,1H3. The SMILES string of the molecule is Cc1nn(-c2ccc([N+](=O)[O-])cc2)c2nnc(-c3ccccc3)nc12. The molecule has 0 saturated heterocycles. The second kappa shape index (κ2) is 5.75. The first-order valence-corrected chi connectivity index (χ1v) is 7.54. The molecule has 0 fully saturated rings. The quantitative estimate of drug-likeness (QED) is 0.422. The monoisotopic (exact) mass is 332 g/mol. The highest BCUT2D eigenvalue weighted by Crippen LogP contribution is 2.22. The molecule has 25 heavy (non-hydrogen) atoms. The first-order valence-electron chi connectivity index (χ1n) is 7.54. The summed E-state index contributed by atoms with van der Waals surface area (Å²) in [5.74, 6) is 0.527. The minimum absolute atomic E-state index is 0.0208. The summed E-state index contributed by atoms with van der Waals surface area (Å²) in [6, 6.07) is 15.7. The van der Waals surface area contributed by atoms with Gasteiger partial charge in [0.25, 0.3) is 5.69 Å². The van der Waals surface area contributed by atoms with Crippen molar-refractivity contribution in [3.05, 3.63) is 70.4 Å². The van der Waals surface area contributed by atoms with Crippen molar-refractivity contribution in [3.8, 4) is 17.1 Å². The summed E-state index contributed by atoms with van der Waals surface area (Å²) in [6.07, 6.45) is 0. The second-order valence-electron chi connectivity index (χ2n) is 5.44. The van der Waals surface area contributed by atoms with E-state index < -0.39 is 4.92 Å². The van der Waals surface area contributed by atoms with Crippen LogP contribution in [0.25, 0.3) is 28.2 Å². The van der Waals surface area contributed by atoms with Gasteiger partial charge in [-0.1, -0.05) is 30.3 Å². The van der Waals surface area contributed by atoms with Crippen LogP contribution in [-0.4, -0.2) is 29.9 Å². The fraction of sp³-hybridized carbons (Fsp3) is 0.0588. The van der Waals surface area contributed by atoms with Crippen molar-refractivity contribution in [2.75, 3.05) is 0 Å². The van der Waals surface area contributed by atoms with Crippen LogP contribution in [0.1, 0.15) is 5.69 Å². The van der Waals surface area contributed by atoms with Gasteiger partial charge >= 0.3 is 0 Å². The minimum Gasteiger partial charge on any atom is -0.258 e. The lowest BCUT2D eigenvalue weighted by Gasteiger charge is -2.02. The number of hydrogen-bond donors (Lipinski definition) is 0. The zero-order valence-corrected chi connectivity index (χ0v) is 13.2. The Morgan fingerprint density at radius 2 is 1.72 bits per heavy atom. The molecule has 0 unspecified atom stereocenters. The molecule has 8 heteroatoms. The number of non-ortho nitro benzene ring substituents is 1. The largest absolute Gasteiger partial charge is 0.269 e. The lowest BCUT2D eigenvalue weighted by molar-refractivity contribution is -0.384. The van der Waals surface area contributed by atoms with Crippen LogP contribution in [0.4, 0.5) is 5.69 Å². The molecule has 0 bridgehead atoms. The molecule has 0 saturated carbocycles. The number of benzene rings is 2. The molecule has 4 aromatic rings. The molecule has 0 radical (unpaired) electrons. The van der Waals surface area contributed by atoms with E-state index in [1.807, 2.05) is 37.3 Å². The van der Waals surface area contributed by atoms with E-state index in [9.17, 15) is 10.1 Å². The molecule has 0 aliphatic carbocycles. The fourth-order valence-corrected chi connectivity index (χ4v) is 2.56. The maximum absolute atomic E-state index is 10.8. The molecule has 122 valence electrons. The average Bonchev–Trinajstić information content (AvgIpc) is 2.99. The minimum atomic E-state index is -0.441. The van der Waals surface area contributed by atoms with E-state index in [0.717, 1.165) is 5.56 Å². The molecule has 4 rings (SSSR count). The first kappa shape index (κ1) is 14.9. The summed E-state index contributed by atoms with van der Waals surface area (Å²) in [7, 11) is 0. The van der Waals surface area contributed by atoms with Crippen LogP contribution in [0.5, 0.6) is 0 Å². The molecule has 0 amide bonds. The zero-order chi connectivity index (χ0) is 17.4. The van der Waals surface area contributed by atoms with Gasteiger partial charge in [-0.3, -0.25) is 10.1 Å². The highest BCUT2D eigenvalue weighted by molar-refractivity contribution is 5.76. The predicted molar refractivity (Wildman–Crippen MR) is 91.3 cm³/mol. The lowest BCUT2D eigenvalue weighted by Crippen LogP contribution is -2.00. The molecule has 0 spiro atoms. The fourth-order valence-electron chi connectivity index (χ4n) is 2.56. The van der Waals surface area contributed by atoms with Gasteiger partial charge in [-0.25, -0.2) is 9.67 Å². The highest BCUT2D eigenvalue weighted by Gasteiger charge is 2.15. The van der Waals surface area contributed by atoms with E-state index in [0.29, 0.717) is 28.4 Å². The third-order valence-electron chi connectivity index (χ3n) is 3.80. The van der Waals surface area contributed by atoms with Gasteiger partial charge in [0.2, 0.25) is 5.65 Å². The molecular weight excluding hydrogens is 320 g/mol. The molecule has 2 aromatic heterocycles. The van der Waals surface area contributed by atoms with Gasteiger partial charge < -0.3 is 0 Å². The molecule has 0 aliphatic heterocycles. The Bertz CT molecular complexity index is 1070. The number of fused-ring (bicyclic) bond motifs is 1. The smallest absolute Gasteiger partial charge is 0.258 e. The van der Waals surface area contributed by atoms with E-state index in [4.69, 9.17) is 0 Å². The van der Waals surface area contributed by atoms with Crippen LogP contribution in [0.2, 0.25) is 0 Å². The van der Waals surface area contributed by atoms with E-state index in [-0.39, 0.29) is 5.69 Å². The van der Waals surface area contributed by atoms with Crippen LogP contribution in [0.3, 0.4) is 0 Å². The number of rotatable bonds is 3. The van der Waals surface area contributed by atoms with Gasteiger partial charge in [0.1, 0.15) is 5.52 Å². The van der Waals surface area contributed by atoms with Crippen LogP contribution in [0, 0.1) is 17.0 Å². The summed E-state index contributed by atoms with van der Waals surface area (Å²) >= 11 is 0. The number of aromatic nitrogens is 5. The van der Waals surface area contributed by atoms with Crippen LogP contribution in [-0.2, 0) is 0 Å². The average molecular weight is 332 g/mol. The van der Waals surface area contributed by atoms with E-state index in [2.05, 4.69) is 20.3 Å². The Labute approximate surface area is 141 Å². The number of nitrogens with zero attached hydrogens (tertiary/aromatic N) is 6. The van der Waals surface area contributed by atoms with Crippen LogP contribution in [0.15, 0.2) is 54.6 Å². The van der Waals surface area contributed by atoms with Gasteiger partial charge in [-0.05, 0) is 19.1 Å². The van der Waals surface area contributed by atoms with Gasteiger partial charge in [-0.2, -0.15) is 5.10 Å². The molecular formula is C17H12N6O2. The molecule has 2 heterocycles. The Kier molecular flexibility index (Phi) is 3.42. The lowest BCUT2D eigenvalue weighted by atomic mass is 10.2. The van der Waals surface area contributed by atoms with E-state index in [1.165, 1.54) is 12.1 Å². The van der Waals surface area contributed by atoms with Crippen LogP contribution < -0.4 is 0 Å². The van der Waals surface area contributed by atoms with Gasteiger partial charge in [-0.15, -0.1) is 10.2 Å². The normalized spacial score (nSPS) is 10.9. The van der Waals surface area contributed by atoms with Crippen molar-refractivity contribution in [3.63, 3.8) is 0 Å². The van der Waals surface area contributed by atoms with Crippen molar-refractivity contribution in [2.24, 2.45) is 0 Å². The Hall–Kier alpha value is -3.68. The summed E-state index contributed by atoms with van der Waals surface area (Å²) in [5.41, 5.74) is 3.41. The first-order chi connectivity index (χ1) is 12.1. The third-order valence-corrected chi connectivity index (χ3v) is 3.80. The highest BCUT2D eigenvalue weighted by atomic mass is 16.6. The second-order valence-corrected chi connectivity index (χ2v) is 5.44. The summed E-state index contributed by atoms with van der Waals surface area (Å²) in [6.45, 7) is 1.84. The molecule has 0 N–H and O–H groups in total. The zero-order valence-electron chi connectivity index (χ0n) is 13.2. The Balaban J connectivity index is 1.82. The number of aryl methyl sites for hydroxylation is 1. The van der Waals surface area contributed by atoms with E-state index in [1.54, 1.807) is 16.8 Å². The van der Waals surface area contributed by atoms with Crippen molar-refractivity contribution in [1.82, 2.24) is 25.0 Å². The number of nitro groups is 1. The Morgan fingerprint density at radius 3 is 2.40 bits per heavy atom. The van der Waals surface area contributed by atoms with Crippen molar-refractivity contribution < 1.29 is 4.92 Å². The topological polar surface area (TPSA) is 99.6 Å². The molecule has 0 atom stereocenters. The van der Waals surface area contributed by atoms with Crippen molar-refractivity contribution >= 4 is 16.9 Å². The maximum Gasteiger partial charge on any atom is 0.269 e. The van der Waals surface area contributed by atoms with Gasteiger partial charge in [0.15, 0.2) is 5.82 Å². The van der Waals surface area contributed by atoms with Crippen molar-refractivity contribution in [1.29, 1.82) is 0 Å². The predicted octanol–water partition coefficient (Wildman–Crippen LogP) is 3.09. The summed E-state index contributed by atoms with van der Waals surface area (Å²) in [5, 5.41) is 23.7. The third kappa shape index (κ3) is 2.59. The van der Waals surface area contributed by atoms with E-state index >= 15 is 0 Å². The van der Waals surface area contributed by atoms with Gasteiger partial charge in [0, 0.05) is 17.7 Å².